The maximum absolute atomic E-state index is 14.4. The average molecular weight is 407 g/mol. The summed E-state index contributed by atoms with van der Waals surface area (Å²) in [6.07, 6.45) is 5.30. The van der Waals surface area contributed by atoms with E-state index in [9.17, 15) is 9.18 Å². The zero-order valence-electron chi connectivity index (χ0n) is 16.8. The number of hydrogen-bond acceptors (Lipinski definition) is 5. The molecule has 1 fully saturated rings. The predicted molar refractivity (Wildman–Crippen MR) is 114 cm³/mol. The third-order valence-electron chi connectivity index (χ3n) is 5.35. The molecular formula is C21H22FN7O. The summed E-state index contributed by atoms with van der Waals surface area (Å²) >= 11 is 0. The molecule has 0 saturated carbocycles. The number of hydrogen-bond donors (Lipinski definition) is 2. The first-order chi connectivity index (χ1) is 14.5. The Morgan fingerprint density at radius 3 is 2.80 bits per heavy atom. The molecule has 1 amide bonds. The van der Waals surface area contributed by atoms with Gasteiger partial charge in [-0.3, -0.25) is 9.48 Å². The van der Waals surface area contributed by atoms with Crippen LogP contribution < -0.4 is 15.5 Å². The monoisotopic (exact) mass is 407 g/mol. The van der Waals surface area contributed by atoms with Crippen molar-refractivity contribution in [1.82, 2.24) is 24.5 Å². The minimum Gasteiger partial charge on any atom is -0.368 e. The summed E-state index contributed by atoms with van der Waals surface area (Å²) in [4.78, 5) is 19.5. The van der Waals surface area contributed by atoms with Crippen LogP contribution in [0, 0.1) is 12.7 Å². The number of fused-ring (bicyclic) bond motifs is 2. The second-order valence-electron chi connectivity index (χ2n) is 7.58. The number of aromatic nitrogens is 4. The lowest BCUT2D eigenvalue weighted by Gasteiger charge is -2.30. The maximum Gasteiger partial charge on any atom is 0.257 e. The van der Waals surface area contributed by atoms with E-state index in [4.69, 9.17) is 0 Å². The van der Waals surface area contributed by atoms with Crippen LogP contribution in [0.25, 0.3) is 16.6 Å². The molecule has 0 bridgehead atoms. The lowest BCUT2D eigenvalue weighted by Crippen LogP contribution is -2.43. The first-order valence-electron chi connectivity index (χ1n) is 9.88. The Bertz CT molecular complexity index is 1270. The molecule has 1 aromatic carbocycles. The number of nitrogens with one attached hydrogen (secondary N) is 2. The van der Waals surface area contributed by atoms with Crippen LogP contribution in [-0.4, -0.2) is 51.3 Å². The van der Waals surface area contributed by atoms with E-state index in [0.29, 0.717) is 22.5 Å². The van der Waals surface area contributed by atoms with E-state index in [0.717, 1.165) is 37.3 Å². The molecule has 0 unspecified atom stereocenters. The summed E-state index contributed by atoms with van der Waals surface area (Å²) in [7, 11) is 1.84. The average Bonchev–Trinajstić information content (AvgIpc) is 3.29. The Balaban J connectivity index is 1.51. The minimum absolute atomic E-state index is 0.234. The molecule has 154 valence electrons. The minimum atomic E-state index is -0.488. The van der Waals surface area contributed by atoms with Crippen LogP contribution in [0.15, 0.2) is 36.8 Å². The van der Waals surface area contributed by atoms with Crippen LogP contribution in [0.2, 0.25) is 0 Å². The van der Waals surface area contributed by atoms with Gasteiger partial charge in [0.15, 0.2) is 11.5 Å². The molecule has 0 atom stereocenters. The molecule has 8 nitrogen and oxygen atoms in total. The van der Waals surface area contributed by atoms with Crippen LogP contribution in [0.3, 0.4) is 0 Å². The SMILES string of the molecule is Cc1cn2cc(NC(=O)c3ccc(N4CCNCC4)c4cn(C)nc34)cc(F)c2n1. The standard InChI is InChI=1S/C21H22FN7O/c1-13-10-29-11-14(9-17(22)20(29)24-13)25-21(30)15-3-4-18(28-7-5-23-6-8-28)16-12-27(2)26-19(15)16/h3-4,9-12,23H,5-8H2,1-2H3,(H,25,30). The number of anilines is 2. The number of nitrogens with zero attached hydrogens (tertiary/aromatic N) is 5. The van der Waals surface area contributed by atoms with Crippen molar-refractivity contribution >= 4 is 33.8 Å². The van der Waals surface area contributed by atoms with Crippen LogP contribution in [-0.2, 0) is 7.05 Å². The quantitative estimate of drug-likeness (QED) is 0.545. The van der Waals surface area contributed by atoms with Gasteiger partial charge in [0.25, 0.3) is 5.91 Å². The normalized spacial score (nSPS) is 14.6. The summed E-state index contributed by atoms with van der Waals surface area (Å²) in [5.74, 6) is -0.820. The molecule has 9 heteroatoms. The number of carbonyl (C=O) groups is 1. The fourth-order valence-corrected chi connectivity index (χ4v) is 4.02. The second-order valence-corrected chi connectivity index (χ2v) is 7.58. The highest BCUT2D eigenvalue weighted by atomic mass is 19.1. The molecular weight excluding hydrogens is 385 g/mol. The molecule has 0 spiro atoms. The molecule has 3 aromatic heterocycles. The first kappa shape index (κ1) is 18.6. The number of benzene rings is 1. The molecule has 4 heterocycles. The lowest BCUT2D eigenvalue weighted by atomic mass is 10.1. The van der Waals surface area contributed by atoms with E-state index in [1.54, 1.807) is 34.5 Å². The fraction of sp³-hybridized carbons (Fsp3) is 0.286. The molecule has 0 radical (unpaired) electrons. The highest BCUT2D eigenvalue weighted by Crippen LogP contribution is 2.29. The number of carbonyl (C=O) groups excluding carboxylic acids is 1. The van der Waals surface area contributed by atoms with Gasteiger partial charge in [0.2, 0.25) is 0 Å². The maximum atomic E-state index is 14.4. The summed E-state index contributed by atoms with van der Waals surface area (Å²) in [5, 5.41) is 11.6. The van der Waals surface area contributed by atoms with Crippen molar-refractivity contribution in [3.05, 3.63) is 53.9 Å². The molecule has 0 aliphatic carbocycles. The van der Waals surface area contributed by atoms with Gasteiger partial charge in [-0.15, -0.1) is 0 Å². The van der Waals surface area contributed by atoms with Gasteiger partial charge in [-0.25, -0.2) is 9.37 Å². The third-order valence-corrected chi connectivity index (χ3v) is 5.35. The zero-order valence-corrected chi connectivity index (χ0v) is 16.8. The Morgan fingerprint density at radius 2 is 2.00 bits per heavy atom. The molecule has 5 rings (SSSR count). The van der Waals surface area contributed by atoms with Gasteiger partial charge in [0, 0.05) is 69.0 Å². The molecule has 30 heavy (non-hydrogen) atoms. The summed E-state index contributed by atoms with van der Waals surface area (Å²) in [6, 6.07) is 5.04. The van der Waals surface area contributed by atoms with Crippen molar-refractivity contribution < 1.29 is 9.18 Å². The van der Waals surface area contributed by atoms with Crippen LogP contribution in [0.4, 0.5) is 15.8 Å². The molecule has 1 saturated heterocycles. The number of aryl methyl sites for hydroxylation is 2. The third kappa shape index (κ3) is 3.17. The summed E-state index contributed by atoms with van der Waals surface area (Å²) in [6.45, 7) is 5.44. The van der Waals surface area contributed by atoms with Crippen molar-refractivity contribution in [2.24, 2.45) is 7.05 Å². The van der Waals surface area contributed by atoms with Gasteiger partial charge in [-0.05, 0) is 19.1 Å². The Kier molecular flexibility index (Phi) is 4.39. The molecule has 4 aromatic rings. The number of amides is 1. The van der Waals surface area contributed by atoms with E-state index >= 15 is 0 Å². The van der Waals surface area contributed by atoms with E-state index in [1.807, 2.05) is 19.3 Å². The van der Waals surface area contributed by atoms with E-state index in [2.05, 4.69) is 25.6 Å². The van der Waals surface area contributed by atoms with Crippen molar-refractivity contribution in [2.45, 2.75) is 6.92 Å². The predicted octanol–water partition coefficient (Wildman–Crippen LogP) is 2.33. The van der Waals surface area contributed by atoms with Crippen LogP contribution >= 0.6 is 0 Å². The smallest absolute Gasteiger partial charge is 0.257 e. The largest absolute Gasteiger partial charge is 0.368 e. The number of pyridine rings is 1. The second kappa shape index (κ2) is 7.10. The van der Waals surface area contributed by atoms with Gasteiger partial charge in [-0.2, -0.15) is 5.10 Å². The Hall–Kier alpha value is -3.46. The van der Waals surface area contributed by atoms with E-state index < -0.39 is 5.82 Å². The highest BCUT2D eigenvalue weighted by Gasteiger charge is 2.20. The van der Waals surface area contributed by atoms with Gasteiger partial charge in [-0.1, -0.05) is 0 Å². The van der Waals surface area contributed by atoms with Gasteiger partial charge >= 0.3 is 0 Å². The van der Waals surface area contributed by atoms with Crippen LogP contribution in [0.5, 0.6) is 0 Å². The topological polar surface area (TPSA) is 79.5 Å². The summed E-state index contributed by atoms with van der Waals surface area (Å²) < 4.78 is 17.7. The van der Waals surface area contributed by atoms with E-state index in [1.165, 1.54) is 6.07 Å². The van der Waals surface area contributed by atoms with Crippen molar-refractivity contribution in [2.75, 3.05) is 36.4 Å². The zero-order chi connectivity index (χ0) is 20.8. The van der Waals surface area contributed by atoms with Gasteiger partial charge in [0.05, 0.1) is 16.9 Å². The van der Waals surface area contributed by atoms with Crippen molar-refractivity contribution in [3.63, 3.8) is 0 Å². The fourth-order valence-electron chi connectivity index (χ4n) is 4.02. The number of halogens is 1. The van der Waals surface area contributed by atoms with Crippen molar-refractivity contribution in [1.29, 1.82) is 0 Å². The van der Waals surface area contributed by atoms with Gasteiger partial charge in [0.1, 0.15) is 5.52 Å². The van der Waals surface area contributed by atoms with Crippen molar-refractivity contribution in [3.8, 4) is 0 Å². The lowest BCUT2D eigenvalue weighted by molar-refractivity contribution is 0.102. The molecule has 1 aliphatic rings. The van der Waals surface area contributed by atoms with Crippen LogP contribution in [0.1, 0.15) is 16.1 Å². The highest BCUT2D eigenvalue weighted by molar-refractivity contribution is 6.13. The molecule has 1 aliphatic heterocycles. The first-order valence-corrected chi connectivity index (χ1v) is 9.88. The number of piperazine rings is 1. The van der Waals surface area contributed by atoms with Gasteiger partial charge < -0.3 is 19.9 Å². The molecule has 2 N–H and O–H groups in total. The Labute approximate surface area is 172 Å². The summed E-state index contributed by atoms with van der Waals surface area (Å²) in [5.41, 5.74) is 3.45. The number of imidazole rings is 1. The van der Waals surface area contributed by atoms with E-state index in [-0.39, 0.29) is 11.6 Å². The Morgan fingerprint density at radius 1 is 1.20 bits per heavy atom. The number of rotatable bonds is 3.